The molecular weight excluding hydrogens is 478 g/mol. The molecule has 2 heterocycles. The molecule has 4 aromatic rings. The predicted octanol–water partition coefficient (Wildman–Crippen LogP) is 4.50. The first-order chi connectivity index (χ1) is 17.8. The Labute approximate surface area is 210 Å². The van der Waals surface area contributed by atoms with Crippen LogP contribution in [0.4, 0.5) is 5.69 Å². The SMILES string of the molecule is CC(=O)c1cc2c(cc1NC(=O)COC(=O)c1cccc3c(=O)c(C)c(-c4ccccc4)oc13)OCO2. The number of para-hydroxylation sites is 1. The number of rotatable bonds is 6. The van der Waals surface area contributed by atoms with Crippen LogP contribution in [0.1, 0.15) is 33.2 Å². The fourth-order valence-electron chi connectivity index (χ4n) is 4.07. The van der Waals surface area contributed by atoms with Crippen molar-refractivity contribution in [2.24, 2.45) is 0 Å². The molecule has 9 nitrogen and oxygen atoms in total. The third kappa shape index (κ3) is 4.54. The molecule has 1 aliphatic rings. The quantitative estimate of drug-likeness (QED) is 0.304. The molecule has 0 unspecified atom stereocenters. The highest BCUT2D eigenvalue weighted by atomic mass is 16.7. The number of anilines is 1. The summed E-state index contributed by atoms with van der Waals surface area (Å²) in [6, 6.07) is 16.6. The lowest BCUT2D eigenvalue weighted by molar-refractivity contribution is -0.119. The number of hydrogen-bond donors (Lipinski definition) is 1. The number of carbonyl (C=O) groups excluding carboxylic acids is 3. The highest BCUT2D eigenvalue weighted by molar-refractivity contribution is 6.06. The third-order valence-electron chi connectivity index (χ3n) is 5.90. The Morgan fingerprint density at radius 2 is 1.68 bits per heavy atom. The lowest BCUT2D eigenvalue weighted by atomic mass is 10.0. The van der Waals surface area contributed by atoms with Crippen molar-refractivity contribution in [3.05, 3.63) is 87.6 Å². The summed E-state index contributed by atoms with van der Waals surface area (Å²) < 4.78 is 21.8. The van der Waals surface area contributed by atoms with Crippen molar-refractivity contribution < 1.29 is 33.0 Å². The Balaban J connectivity index is 1.39. The van der Waals surface area contributed by atoms with Gasteiger partial charge in [-0.1, -0.05) is 36.4 Å². The van der Waals surface area contributed by atoms with E-state index >= 15 is 0 Å². The molecule has 0 aliphatic carbocycles. The van der Waals surface area contributed by atoms with Crippen LogP contribution in [0.2, 0.25) is 0 Å². The Bertz CT molecular complexity index is 1620. The summed E-state index contributed by atoms with van der Waals surface area (Å²) in [6.07, 6.45) is 0. The Morgan fingerprint density at radius 1 is 0.946 bits per heavy atom. The van der Waals surface area contributed by atoms with Gasteiger partial charge in [0.15, 0.2) is 34.9 Å². The number of Topliss-reactive ketones (excluding diaryl/α,β-unsaturated/α-hetero) is 1. The molecule has 186 valence electrons. The minimum absolute atomic E-state index is 0.00656. The topological polar surface area (TPSA) is 121 Å². The van der Waals surface area contributed by atoms with E-state index < -0.39 is 18.5 Å². The molecule has 0 atom stereocenters. The minimum atomic E-state index is -0.843. The number of hydrogen-bond acceptors (Lipinski definition) is 8. The van der Waals surface area contributed by atoms with Crippen LogP contribution in [0.25, 0.3) is 22.3 Å². The van der Waals surface area contributed by atoms with E-state index in [2.05, 4.69) is 5.32 Å². The van der Waals surface area contributed by atoms with E-state index in [1.54, 1.807) is 31.2 Å². The second kappa shape index (κ2) is 9.62. The smallest absolute Gasteiger partial charge is 0.342 e. The van der Waals surface area contributed by atoms with Gasteiger partial charge in [-0.15, -0.1) is 0 Å². The molecule has 0 fully saturated rings. The van der Waals surface area contributed by atoms with E-state index in [9.17, 15) is 19.2 Å². The number of benzene rings is 3. The maximum absolute atomic E-state index is 13.0. The summed E-state index contributed by atoms with van der Waals surface area (Å²) in [5, 5.41) is 2.79. The van der Waals surface area contributed by atoms with Gasteiger partial charge >= 0.3 is 5.97 Å². The molecule has 1 aliphatic heterocycles. The molecule has 0 bridgehead atoms. The molecule has 5 rings (SSSR count). The van der Waals surface area contributed by atoms with E-state index in [1.807, 2.05) is 18.2 Å². The van der Waals surface area contributed by atoms with Crippen molar-refractivity contribution in [3.63, 3.8) is 0 Å². The number of fused-ring (bicyclic) bond motifs is 2. The number of esters is 1. The highest BCUT2D eigenvalue weighted by Crippen LogP contribution is 2.37. The maximum atomic E-state index is 13.0. The molecule has 0 radical (unpaired) electrons. The normalized spacial score (nSPS) is 11.8. The summed E-state index contributed by atoms with van der Waals surface area (Å²) in [7, 11) is 0. The largest absolute Gasteiger partial charge is 0.455 e. The summed E-state index contributed by atoms with van der Waals surface area (Å²) in [5.41, 5.74) is 1.33. The maximum Gasteiger partial charge on any atom is 0.342 e. The average Bonchev–Trinajstić information content (AvgIpc) is 3.36. The zero-order valence-electron chi connectivity index (χ0n) is 20.0. The first-order valence-corrected chi connectivity index (χ1v) is 11.4. The predicted molar refractivity (Wildman–Crippen MR) is 134 cm³/mol. The molecule has 0 saturated carbocycles. The van der Waals surface area contributed by atoms with E-state index in [-0.39, 0.29) is 45.8 Å². The van der Waals surface area contributed by atoms with Crippen molar-refractivity contribution in [1.82, 2.24) is 0 Å². The van der Waals surface area contributed by atoms with Crippen molar-refractivity contribution in [2.75, 3.05) is 18.7 Å². The lowest BCUT2D eigenvalue weighted by Crippen LogP contribution is -2.22. The van der Waals surface area contributed by atoms with Gasteiger partial charge in [0.2, 0.25) is 6.79 Å². The number of amides is 1. The Morgan fingerprint density at radius 3 is 2.41 bits per heavy atom. The Hall–Kier alpha value is -4.92. The Kier molecular flexibility index (Phi) is 6.19. The number of carbonyl (C=O) groups is 3. The van der Waals surface area contributed by atoms with Gasteiger partial charge < -0.3 is 23.9 Å². The standard InChI is InChI=1S/C28H21NO8/c1-15-25(32)18-9-6-10-19(27(18)37-26(15)17-7-4-3-5-8-17)28(33)34-13-24(31)29-21-12-23-22(35-14-36-23)11-20(21)16(2)30/h3-12H,13-14H2,1-2H3,(H,29,31). The second-order valence-corrected chi connectivity index (χ2v) is 8.37. The van der Waals surface area contributed by atoms with E-state index in [1.165, 1.54) is 25.1 Å². The number of nitrogens with one attached hydrogen (secondary N) is 1. The number of ether oxygens (including phenoxy) is 3. The fourth-order valence-corrected chi connectivity index (χ4v) is 4.07. The van der Waals surface area contributed by atoms with E-state index in [4.69, 9.17) is 18.6 Å². The first-order valence-electron chi connectivity index (χ1n) is 11.4. The monoisotopic (exact) mass is 499 g/mol. The van der Waals surface area contributed by atoms with Crippen LogP contribution in [-0.2, 0) is 9.53 Å². The van der Waals surface area contributed by atoms with Gasteiger partial charge in [0.25, 0.3) is 5.91 Å². The van der Waals surface area contributed by atoms with Crippen LogP contribution < -0.4 is 20.2 Å². The first kappa shape index (κ1) is 23.8. The summed E-state index contributed by atoms with van der Waals surface area (Å²) in [5.74, 6) is -0.678. The van der Waals surface area contributed by atoms with Gasteiger partial charge in [0.1, 0.15) is 11.3 Å². The molecule has 3 aromatic carbocycles. The van der Waals surface area contributed by atoms with Gasteiger partial charge in [-0.05, 0) is 32.0 Å². The molecule has 37 heavy (non-hydrogen) atoms. The van der Waals surface area contributed by atoms with Gasteiger partial charge in [-0.2, -0.15) is 0 Å². The summed E-state index contributed by atoms with van der Waals surface area (Å²) in [4.78, 5) is 50.6. The summed E-state index contributed by atoms with van der Waals surface area (Å²) >= 11 is 0. The van der Waals surface area contributed by atoms with Crippen LogP contribution in [0.3, 0.4) is 0 Å². The van der Waals surface area contributed by atoms with Crippen molar-refractivity contribution >= 4 is 34.3 Å². The van der Waals surface area contributed by atoms with E-state index in [0.717, 1.165) is 0 Å². The molecule has 1 aromatic heterocycles. The van der Waals surface area contributed by atoms with Crippen molar-refractivity contribution in [1.29, 1.82) is 0 Å². The zero-order chi connectivity index (χ0) is 26.1. The van der Waals surface area contributed by atoms with E-state index in [0.29, 0.717) is 28.4 Å². The molecule has 0 saturated heterocycles. The fraction of sp³-hybridized carbons (Fsp3) is 0.143. The highest BCUT2D eigenvalue weighted by Gasteiger charge is 2.22. The van der Waals surface area contributed by atoms with Crippen LogP contribution in [-0.4, -0.2) is 31.1 Å². The van der Waals surface area contributed by atoms with Crippen molar-refractivity contribution in [3.8, 4) is 22.8 Å². The summed E-state index contributed by atoms with van der Waals surface area (Å²) in [6.45, 7) is 2.39. The van der Waals surface area contributed by atoms with Crippen LogP contribution in [0.15, 0.2) is 69.9 Å². The van der Waals surface area contributed by atoms with Crippen molar-refractivity contribution in [2.45, 2.75) is 13.8 Å². The van der Waals surface area contributed by atoms with Crippen LogP contribution in [0, 0.1) is 6.92 Å². The molecule has 1 amide bonds. The van der Waals surface area contributed by atoms with Gasteiger partial charge in [-0.25, -0.2) is 4.79 Å². The van der Waals surface area contributed by atoms with Gasteiger partial charge in [-0.3, -0.25) is 14.4 Å². The van der Waals surface area contributed by atoms with Crippen LogP contribution >= 0.6 is 0 Å². The van der Waals surface area contributed by atoms with Gasteiger partial charge in [0, 0.05) is 22.8 Å². The average molecular weight is 499 g/mol. The lowest BCUT2D eigenvalue weighted by Gasteiger charge is -2.12. The third-order valence-corrected chi connectivity index (χ3v) is 5.90. The second-order valence-electron chi connectivity index (χ2n) is 8.37. The molecule has 0 spiro atoms. The molecule has 9 heteroatoms. The molecular formula is C28H21NO8. The molecule has 1 N–H and O–H groups in total. The number of ketones is 1. The van der Waals surface area contributed by atoms with Crippen LogP contribution in [0.5, 0.6) is 11.5 Å². The zero-order valence-corrected chi connectivity index (χ0v) is 20.0. The minimum Gasteiger partial charge on any atom is -0.455 e. The van der Waals surface area contributed by atoms with Gasteiger partial charge in [0.05, 0.1) is 11.1 Å².